The van der Waals surface area contributed by atoms with Crippen LogP contribution in [0.2, 0.25) is 0 Å². The van der Waals surface area contributed by atoms with E-state index in [1.165, 1.54) is 115 Å². The number of rotatable bonds is 23. The number of hydrogen-bond donors (Lipinski definition) is 0. The molecule has 0 amide bonds. The van der Waals surface area contributed by atoms with Crippen molar-refractivity contribution in [3.63, 3.8) is 0 Å². The van der Waals surface area contributed by atoms with Gasteiger partial charge in [0, 0.05) is 0 Å². The van der Waals surface area contributed by atoms with Crippen molar-refractivity contribution in [3.05, 3.63) is 35.4 Å². The Morgan fingerprint density at radius 3 is 1.44 bits per heavy atom. The van der Waals surface area contributed by atoms with Crippen LogP contribution < -0.4 is 51.4 Å². The quantitative estimate of drug-likeness (QED) is 0.0766. The summed E-state index contributed by atoms with van der Waals surface area (Å²) in [4.78, 5) is 24.7. The summed E-state index contributed by atoms with van der Waals surface area (Å²) in [6, 6.07) is 5.82. The molecule has 0 N–H and O–H groups in total. The molecule has 1 aromatic carbocycles. The van der Waals surface area contributed by atoms with Crippen LogP contribution in [0.5, 0.6) is 0 Å². The Morgan fingerprint density at radius 2 is 1.05 bits per heavy atom. The molecular formula is C30H49KO7S. The zero-order chi connectivity index (χ0) is 28.1. The molecule has 218 valence electrons. The Morgan fingerprint density at radius 1 is 0.692 bits per heavy atom. The van der Waals surface area contributed by atoms with Crippen LogP contribution in [0.1, 0.15) is 150 Å². The summed E-state index contributed by atoms with van der Waals surface area (Å²) in [6.45, 7) is 3.48. The molecule has 0 fully saturated rings. The van der Waals surface area contributed by atoms with Gasteiger partial charge in [-0.2, -0.15) is 0 Å². The van der Waals surface area contributed by atoms with Gasteiger partial charge in [0.1, 0.15) is 10.1 Å². The molecule has 0 saturated heterocycles. The van der Waals surface area contributed by atoms with E-state index >= 15 is 0 Å². The van der Waals surface area contributed by atoms with Crippen LogP contribution in [0.3, 0.4) is 0 Å². The van der Waals surface area contributed by atoms with Gasteiger partial charge >= 0.3 is 63.3 Å². The molecule has 0 bridgehead atoms. The first-order valence-electron chi connectivity index (χ1n) is 14.7. The van der Waals surface area contributed by atoms with Crippen molar-refractivity contribution in [2.75, 3.05) is 6.61 Å². The van der Waals surface area contributed by atoms with Crippen LogP contribution in [-0.2, 0) is 19.6 Å². The maximum Gasteiger partial charge on any atom is 1.00 e. The van der Waals surface area contributed by atoms with Crippen molar-refractivity contribution in [2.24, 2.45) is 0 Å². The van der Waals surface area contributed by atoms with Gasteiger partial charge < -0.3 is 14.0 Å². The molecule has 0 aromatic heterocycles. The fourth-order valence-corrected chi connectivity index (χ4v) is 4.56. The Bertz CT molecular complexity index is 889. The van der Waals surface area contributed by atoms with E-state index in [0.717, 1.165) is 26.2 Å². The maximum absolute atomic E-state index is 12.4. The van der Waals surface area contributed by atoms with Crippen LogP contribution >= 0.6 is 0 Å². The van der Waals surface area contributed by atoms with Gasteiger partial charge in [0.25, 0.3) is 0 Å². The van der Waals surface area contributed by atoms with Crippen molar-refractivity contribution in [1.29, 1.82) is 0 Å². The monoisotopic (exact) mass is 592 g/mol. The van der Waals surface area contributed by atoms with E-state index in [1.54, 1.807) is 6.07 Å². The number of hydrogen-bond acceptors (Lipinski definition) is 7. The third kappa shape index (κ3) is 19.5. The van der Waals surface area contributed by atoms with Crippen molar-refractivity contribution in [2.45, 2.75) is 135 Å². The minimum absolute atomic E-state index is 0. The van der Waals surface area contributed by atoms with Gasteiger partial charge in [-0.15, -0.1) is 0 Å². The normalized spacial score (nSPS) is 12.0. The second kappa shape index (κ2) is 24.3. The Kier molecular flexibility index (Phi) is 24.1. The molecule has 0 saturated carbocycles. The van der Waals surface area contributed by atoms with E-state index in [4.69, 9.17) is 4.74 Å². The van der Waals surface area contributed by atoms with Crippen LogP contribution in [0.25, 0.3) is 0 Å². The number of esters is 2. The van der Waals surface area contributed by atoms with Crippen molar-refractivity contribution in [3.8, 4) is 0 Å². The van der Waals surface area contributed by atoms with Crippen LogP contribution in [-0.4, -0.2) is 37.0 Å². The average molecular weight is 593 g/mol. The van der Waals surface area contributed by atoms with Crippen molar-refractivity contribution >= 4 is 22.1 Å². The van der Waals surface area contributed by atoms with E-state index in [9.17, 15) is 22.6 Å². The molecule has 39 heavy (non-hydrogen) atoms. The number of ether oxygens (including phenoxy) is 2. The molecule has 9 heteroatoms. The fourth-order valence-electron chi connectivity index (χ4n) is 4.36. The summed E-state index contributed by atoms with van der Waals surface area (Å²) in [5.74, 6) is -1.74. The van der Waals surface area contributed by atoms with E-state index < -0.39 is 27.5 Å². The molecule has 1 rings (SSSR count). The first kappa shape index (κ1) is 38.7. The topological polar surface area (TPSA) is 110 Å². The molecule has 0 radical (unpaired) electrons. The van der Waals surface area contributed by atoms with Crippen molar-refractivity contribution in [1.82, 2.24) is 0 Å². The average Bonchev–Trinajstić information content (AvgIpc) is 2.89. The van der Waals surface area contributed by atoms with E-state index in [1.807, 2.05) is 0 Å². The van der Waals surface area contributed by atoms with Gasteiger partial charge in [0.15, 0.2) is 5.44 Å². The third-order valence-electron chi connectivity index (χ3n) is 6.78. The molecule has 0 aliphatic rings. The van der Waals surface area contributed by atoms with Crippen molar-refractivity contribution < 1.29 is 83.4 Å². The molecule has 0 aliphatic carbocycles. The van der Waals surface area contributed by atoms with Crippen LogP contribution in [0.15, 0.2) is 24.3 Å². The number of benzene rings is 1. The second-order valence-corrected chi connectivity index (χ2v) is 11.8. The fraction of sp³-hybridized carbons (Fsp3) is 0.733. The van der Waals surface area contributed by atoms with Gasteiger partial charge in [-0.25, -0.2) is 18.0 Å². The number of carbonyl (C=O) groups excluding carboxylic acids is 2. The second-order valence-electron chi connectivity index (χ2n) is 10.2. The summed E-state index contributed by atoms with van der Waals surface area (Å²) in [5, 5.41) is 0. The van der Waals surface area contributed by atoms with Gasteiger partial charge in [-0.1, -0.05) is 128 Å². The zero-order valence-electron chi connectivity index (χ0n) is 24.6. The minimum atomic E-state index is -4.79. The van der Waals surface area contributed by atoms with E-state index in [0.29, 0.717) is 0 Å². The molecule has 0 heterocycles. The summed E-state index contributed by atoms with van der Waals surface area (Å²) < 4.78 is 43.0. The summed E-state index contributed by atoms with van der Waals surface area (Å²) in [6.07, 6.45) is 23.0. The van der Waals surface area contributed by atoms with E-state index in [2.05, 4.69) is 11.7 Å². The zero-order valence-corrected chi connectivity index (χ0v) is 28.5. The Labute approximate surface area is 279 Å². The largest absolute Gasteiger partial charge is 1.00 e. The van der Waals surface area contributed by atoms with Gasteiger partial charge in [0.2, 0.25) is 0 Å². The number of carbonyl (C=O) groups is 2. The predicted molar refractivity (Wildman–Crippen MR) is 150 cm³/mol. The minimum Gasteiger partial charge on any atom is -0.745 e. The SMILES string of the molecule is CCCCCCCCCCCCCCCCCCCCOC(=O)c1ccccc1C(=O)OC(C)S(=O)(=O)[O-].[K+]. The van der Waals surface area contributed by atoms with Gasteiger partial charge in [-0.05, 0) is 25.5 Å². The number of unbranched alkanes of at least 4 members (excludes halogenated alkanes) is 17. The van der Waals surface area contributed by atoms with Crippen LogP contribution in [0, 0.1) is 0 Å². The summed E-state index contributed by atoms with van der Waals surface area (Å²) >= 11 is 0. The molecule has 1 atom stereocenters. The molecule has 1 aromatic rings. The summed E-state index contributed by atoms with van der Waals surface area (Å²) in [7, 11) is -4.79. The molecule has 0 aliphatic heterocycles. The maximum atomic E-state index is 12.4. The smallest absolute Gasteiger partial charge is 0.745 e. The molecule has 0 spiro atoms. The molecular weight excluding hydrogens is 543 g/mol. The van der Waals surface area contributed by atoms with Crippen LogP contribution in [0.4, 0.5) is 0 Å². The summed E-state index contributed by atoms with van der Waals surface area (Å²) in [5.41, 5.74) is -2.00. The van der Waals surface area contributed by atoms with Gasteiger partial charge in [-0.3, -0.25) is 0 Å². The predicted octanol–water partition coefficient (Wildman–Crippen LogP) is 4.94. The first-order chi connectivity index (χ1) is 18.3. The Hall–Kier alpha value is -0.294. The molecule has 1 unspecified atom stereocenters. The molecule has 7 nitrogen and oxygen atoms in total. The first-order valence-corrected chi connectivity index (χ1v) is 16.2. The standard InChI is InChI=1S/C30H50O7S.K/c1-3-4-5-6-7-8-9-10-11-12-13-14-15-16-17-18-19-22-25-36-29(31)27-23-20-21-24-28(27)30(32)37-26(2)38(33,34)35;/h20-21,23-24,26H,3-19,22,25H2,1-2H3,(H,33,34,35);/q;+1/p-1. The Balaban J connectivity index is 0.0000144. The third-order valence-corrected chi connectivity index (χ3v) is 7.69. The van der Waals surface area contributed by atoms with E-state index in [-0.39, 0.29) is 69.1 Å². The van der Waals surface area contributed by atoms with Gasteiger partial charge in [0.05, 0.1) is 17.7 Å².